The Morgan fingerprint density at radius 2 is 2.11 bits per heavy atom. The first-order valence-electron chi connectivity index (χ1n) is 7.69. The van der Waals surface area contributed by atoms with Crippen molar-refractivity contribution in [2.75, 3.05) is 32.8 Å². The summed E-state index contributed by atoms with van der Waals surface area (Å²) in [6.45, 7) is 4.62. The molecule has 5 nitrogen and oxygen atoms in total. The molecule has 0 aromatic heterocycles. The van der Waals surface area contributed by atoms with E-state index in [-0.39, 0.29) is 6.03 Å². The van der Waals surface area contributed by atoms with E-state index in [0.29, 0.717) is 18.0 Å². The molecule has 0 aliphatic carbocycles. The van der Waals surface area contributed by atoms with E-state index in [4.69, 9.17) is 4.74 Å². The van der Waals surface area contributed by atoms with Gasteiger partial charge in [0.2, 0.25) is 0 Å². The summed E-state index contributed by atoms with van der Waals surface area (Å²) < 4.78 is 5.39. The van der Waals surface area contributed by atoms with Crippen molar-refractivity contribution >= 4 is 6.03 Å². The zero-order valence-corrected chi connectivity index (χ0v) is 11.6. The number of amides is 2. The second-order valence-corrected chi connectivity index (χ2v) is 6.03. The van der Waals surface area contributed by atoms with E-state index in [9.17, 15) is 4.79 Å². The predicted molar refractivity (Wildman–Crippen MR) is 73.1 cm³/mol. The lowest BCUT2D eigenvalue weighted by atomic mass is 9.92. The molecule has 19 heavy (non-hydrogen) atoms. The highest BCUT2D eigenvalue weighted by atomic mass is 16.5. The van der Waals surface area contributed by atoms with Gasteiger partial charge in [-0.05, 0) is 44.6 Å². The van der Waals surface area contributed by atoms with Crippen molar-refractivity contribution in [2.24, 2.45) is 5.92 Å². The first-order chi connectivity index (χ1) is 9.33. The lowest BCUT2D eigenvalue weighted by Crippen LogP contribution is -2.37. The van der Waals surface area contributed by atoms with E-state index in [1.165, 1.54) is 12.8 Å². The molecule has 3 fully saturated rings. The highest BCUT2D eigenvalue weighted by Crippen LogP contribution is 2.23. The Kier molecular flexibility index (Phi) is 4.23. The van der Waals surface area contributed by atoms with Crippen LogP contribution in [0.5, 0.6) is 0 Å². The smallest absolute Gasteiger partial charge is 0.317 e. The van der Waals surface area contributed by atoms with E-state index >= 15 is 0 Å². The molecule has 108 valence electrons. The Hall–Kier alpha value is -0.810. The third-order valence-electron chi connectivity index (χ3n) is 4.76. The Balaban J connectivity index is 1.45. The zero-order chi connectivity index (χ0) is 13.1. The van der Waals surface area contributed by atoms with E-state index < -0.39 is 0 Å². The van der Waals surface area contributed by atoms with E-state index in [1.807, 2.05) is 4.90 Å². The van der Waals surface area contributed by atoms with E-state index in [2.05, 4.69) is 10.6 Å². The number of nitrogens with one attached hydrogen (secondary N) is 2. The van der Waals surface area contributed by atoms with Crippen molar-refractivity contribution < 1.29 is 9.53 Å². The van der Waals surface area contributed by atoms with Gasteiger partial charge in [-0.15, -0.1) is 0 Å². The quantitative estimate of drug-likeness (QED) is 0.797. The Labute approximate surface area is 115 Å². The molecule has 0 bridgehead atoms. The van der Waals surface area contributed by atoms with Crippen molar-refractivity contribution in [3.63, 3.8) is 0 Å². The maximum absolute atomic E-state index is 12.0. The molecule has 0 saturated carbocycles. The van der Waals surface area contributed by atoms with Crippen LogP contribution in [0.15, 0.2) is 0 Å². The number of carbonyl (C=O) groups is 1. The Morgan fingerprint density at radius 1 is 1.26 bits per heavy atom. The molecule has 5 heteroatoms. The first-order valence-corrected chi connectivity index (χ1v) is 7.69. The van der Waals surface area contributed by atoms with E-state index in [0.717, 1.165) is 52.1 Å². The molecule has 3 saturated heterocycles. The van der Waals surface area contributed by atoms with Crippen molar-refractivity contribution in [1.82, 2.24) is 15.5 Å². The molecule has 3 aliphatic rings. The number of carbonyl (C=O) groups excluding carboxylic acids is 1. The van der Waals surface area contributed by atoms with Crippen LogP contribution in [0.25, 0.3) is 0 Å². The van der Waals surface area contributed by atoms with Gasteiger partial charge in [-0.3, -0.25) is 0 Å². The van der Waals surface area contributed by atoms with Crippen molar-refractivity contribution in [2.45, 2.75) is 44.2 Å². The third-order valence-corrected chi connectivity index (χ3v) is 4.76. The Morgan fingerprint density at radius 3 is 2.84 bits per heavy atom. The lowest BCUT2D eigenvalue weighted by Gasteiger charge is -2.27. The largest absolute Gasteiger partial charge is 0.381 e. The van der Waals surface area contributed by atoms with Crippen molar-refractivity contribution in [1.29, 1.82) is 0 Å². The highest BCUT2D eigenvalue weighted by Gasteiger charge is 2.34. The molecular weight excluding hydrogens is 242 g/mol. The summed E-state index contributed by atoms with van der Waals surface area (Å²) in [6, 6.07) is 1.09. The predicted octanol–water partition coefficient (Wildman–Crippen LogP) is 0.949. The lowest BCUT2D eigenvalue weighted by molar-refractivity contribution is 0.0566. The molecule has 2 amide bonds. The van der Waals surface area contributed by atoms with Crippen LogP contribution in [0, 0.1) is 5.92 Å². The van der Waals surface area contributed by atoms with Crippen LogP contribution in [0.2, 0.25) is 0 Å². The maximum atomic E-state index is 12.0. The van der Waals surface area contributed by atoms with Gasteiger partial charge < -0.3 is 20.3 Å². The fraction of sp³-hybridized carbons (Fsp3) is 0.929. The summed E-state index contributed by atoms with van der Waals surface area (Å²) in [4.78, 5) is 14.0. The van der Waals surface area contributed by atoms with Gasteiger partial charge in [0, 0.05) is 32.3 Å². The second-order valence-electron chi connectivity index (χ2n) is 6.03. The molecule has 0 radical (unpaired) electrons. The number of urea groups is 1. The Bertz CT molecular complexity index is 312. The second kappa shape index (κ2) is 6.09. The minimum Gasteiger partial charge on any atom is -0.381 e. The molecule has 2 atom stereocenters. The van der Waals surface area contributed by atoms with E-state index in [1.54, 1.807) is 0 Å². The van der Waals surface area contributed by atoms with Gasteiger partial charge in [0.15, 0.2) is 0 Å². The molecule has 2 N–H and O–H groups in total. The van der Waals surface area contributed by atoms with Crippen LogP contribution < -0.4 is 10.6 Å². The van der Waals surface area contributed by atoms with Crippen molar-refractivity contribution in [3.05, 3.63) is 0 Å². The van der Waals surface area contributed by atoms with Gasteiger partial charge in [-0.1, -0.05) is 0 Å². The van der Waals surface area contributed by atoms with Gasteiger partial charge >= 0.3 is 6.03 Å². The van der Waals surface area contributed by atoms with Gasteiger partial charge in [0.1, 0.15) is 0 Å². The molecule has 3 heterocycles. The number of nitrogens with zero attached hydrogens (tertiary/aromatic N) is 1. The van der Waals surface area contributed by atoms with Crippen LogP contribution >= 0.6 is 0 Å². The van der Waals surface area contributed by atoms with Crippen molar-refractivity contribution in [3.8, 4) is 0 Å². The van der Waals surface area contributed by atoms with Crippen LogP contribution in [0.4, 0.5) is 4.79 Å². The molecule has 0 spiro atoms. The van der Waals surface area contributed by atoms with Gasteiger partial charge in [-0.2, -0.15) is 0 Å². The zero-order valence-electron chi connectivity index (χ0n) is 11.6. The summed E-state index contributed by atoms with van der Waals surface area (Å²) in [7, 11) is 0. The molecular formula is C14H25N3O2. The number of ether oxygens (including phenoxy) is 1. The standard InChI is InChI=1S/C14H25N3O2/c18-14-16-13(11-4-8-19-9-5-11)10-17(14)7-3-12-2-1-6-15-12/h11-13,15H,1-10H2,(H,16,18). The number of hydrogen-bond donors (Lipinski definition) is 2. The molecule has 3 aliphatic heterocycles. The van der Waals surface area contributed by atoms with Crippen LogP contribution in [-0.2, 0) is 4.74 Å². The first kappa shape index (κ1) is 13.2. The maximum Gasteiger partial charge on any atom is 0.317 e. The number of rotatable bonds is 4. The van der Waals surface area contributed by atoms with Gasteiger partial charge in [0.05, 0.1) is 6.04 Å². The summed E-state index contributed by atoms with van der Waals surface area (Å²) in [6.07, 6.45) is 5.81. The average Bonchev–Trinajstić information content (AvgIpc) is 3.07. The van der Waals surface area contributed by atoms with Crippen LogP contribution in [-0.4, -0.2) is 55.9 Å². The normalized spacial score (nSPS) is 32.8. The SMILES string of the molecule is O=C1NC(C2CCOCC2)CN1CCC1CCCN1. The minimum absolute atomic E-state index is 0.134. The third kappa shape index (κ3) is 3.20. The summed E-state index contributed by atoms with van der Waals surface area (Å²) in [5.41, 5.74) is 0. The van der Waals surface area contributed by atoms with Gasteiger partial charge in [-0.25, -0.2) is 4.79 Å². The summed E-state index contributed by atoms with van der Waals surface area (Å²) in [5.74, 6) is 0.604. The molecule has 3 rings (SSSR count). The van der Waals surface area contributed by atoms with Crippen LogP contribution in [0.1, 0.15) is 32.1 Å². The summed E-state index contributed by atoms with van der Waals surface area (Å²) >= 11 is 0. The number of hydrogen-bond acceptors (Lipinski definition) is 3. The highest BCUT2D eigenvalue weighted by molar-refractivity contribution is 5.76. The topological polar surface area (TPSA) is 53.6 Å². The summed E-state index contributed by atoms with van der Waals surface area (Å²) in [5, 5.41) is 6.66. The monoisotopic (exact) mass is 267 g/mol. The minimum atomic E-state index is 0.134. The van der Waals surface area contributed by atoms with Crippen LogP contribution in [0.3, 0.4) is 0 Å². The fourth-order valence-corrected chi connectivity index (χ4v) is 3.51. The fourth-order valence-electron chi connectivity index (χ4n) is 3.51. The molecule has 0 aromatic rings. The molecule has 0 aromatic carbocycles. The van der Waals surface area contributed by atoms with Gasteiger partial charge in [0.25, 0.3) is 0 Å². The molecule has 2 unspecified atom stereocenters. The average molecular weight is 267 g/mol.